The van der Waals surface area contributed by atoms with Gasteiger partial charge in [-0.05, 0) is 51.0 Å². The maximum atomic E-state index is 12.6. The first-order chi connectivity index (χ1) is 15.4. The van der Waals surface area contributed by atoms with E-state index in [1.807, 2.05) is 19.1 Å². The molecule has 3 amide bonds. The molecule has 1 aromatic carbocycles. The van der Waals surface area contributed by atoms with Crippen molar-refractivity contribution in [1.29, 1.82) is 0 Å². The Morgan fingerprint density at radius 3 is 2.53 bits per heavy atom. The maximum Gasteiger partial charge on any atom is 0.305 e. The predicted octanol–water partition coefficient (Wildman–Crippen LogP) is 3.03. The molecule has 9 nitrogen and oxygen atoms in total. The number of rotatable bonds is 4. The van der Waals surface area contributed by atoms with Crippen LogP contribution in [0.4, 0.5) is 0 Å². The maximum absolute atomic E-state index is 12.6. The summed E-state index contributed by atoms with van der Waals surface area (Å²) in [5, 5.41) is 4.32. The lowest BCUT2D eigenvalue weighted by atomic mass is 9.93. The molecule has 0 saturated heterocycles. The van der Waals surface area contributed by atoms with Gasteiger partial charge in [0, 0.05) is 23.1 Å². The number of carbonyl (C=O) groups is 3. The number of nitrogens with one attached hydrogen (secondary N) is 3. The highest BCUT2D eigenvalue weighted by atomic mass is 16.4. The van der Waals surface area contributed by atoms with Gasteiger partial charge in [-0.3, -0.25) is 25.2 Å². The van der Waals surface area contributed by atoms with E-state index in [4.69, 9.17) is 8.83 Å². The topological polar surface area (TPSA) is 126 Å². The summed E-state index contributed by atoms with van der Waals surface area (Å²) in [6.07, 6.45) is 3.42. The minimum atomic E-state index is -0.597. The quantitative estimate of drug-likeness (QED) is 0.544. The van der Waals surface area contributed by atoms with Crippen molar-refractivity contribution in [3.8, 4) is 0 Å². The van der Waals surface area contributed by atoms with E-state index in [2.05, 4.69) is 21.4 Å². The number of hydrazine groups is 1. The minimum Gasteiger partial charge on any atom is -0.459 e. The Hall–Kier alpha value is -4.14. The molecule has 3 N–H and O–H groups in total. The molecule has 9 heteroatoms. The van der Waals surface area contributed by atoms with Gasteiger partial charge in [-0.15, -0.1) is 0 Å². The van der Waals surface area contributed by atoms with E-state index in [1.54, 1.807) is 25.1 Å². The zero-order valence-corrected chi connectivity index (χ0v) is 17.7. The molecule has 0 fully saturated rings. The normalized spacial score (nSPS) is 14.0. The molecule has 1 aliphatic carbocycles. The molecule has 3 aromatic rings. The van der Waals surface area contributed by atoms with Gasteiger partial charge in [-0.25, -0.2) is 5.43 Å². The van der Waals surface area contributed by atoms with Crippen LogP contribution in [0.15, 0.2) is 56.6 Å². The monoisotopic (exact) mass is 434 g/mol. The van der Waals surface area contributed by atoms with Crippen LogP contribution in [0.1, 0.15) is 66.8 Å². The van der Waals surface area contributed by atoms with Crippen LogP contribution in [0, 0.1) is 13.8 Å². The highest BCUT2D eigenvalue weighted by Crippen LogP contribution is 2.29. The number of hydrazone groups is 1. The van der Waals surface area contributed by atoms with Gasteiger partial charge in [0.1, 0.15) is 5.76 Å². The molecule has 0 aliphatic heterocycles. The van der Waals surface area contributed by atoms with Crippen molar-refractivity contribution >= 4 is 23.4 Å². The summed E-state index contributed by atoms with van der Waals surface area (Å²) in [5.74, 6) is -0.722. The van der Waals surface area contributed by atoms with Gasteiger partial charge < -0.3 is 8.83 Å². The smallest absolute Gasteiger partial charge is 0.305 e. The zero-order chi connectivity index (χ0) is 22.7. The molecule has 0 atom stereocenters. The van der Waals surface area contributed by atoms with Crippen molar-refractivity contribution in [3.63, 3.8) is 0 Å². The van der Waals surface area contributed by atoms with Gasteiger partial charge in [0.05, 0.1) is 12.0 Å². The Labute approximate surface area is 183 Å². The highest BCUT2D eigenvalue weighted by Gasteiger charge is 2.28. The Morgan fingerprint density at radius 2 is 1.78 bits per heavy atom. The average Bonchev–Trinajstić information content (AvgIpc) is 3.44. The summed E-state index contributed by atoms with van der Waals surface area (Å²) in [4.78, 5) is 37.0. The largest absolute Gasteiger partial charge is 0.459 e. The Kier molecular flexibility index (Phi) is 5.89. The Balaban J connectivity index is 1.49. The van der Waals surface area contributed by atoms with Crippen LogP contribution in [0.2, 0.25) is 0 Å². The lowest BCUT2D eigenvalue weighted by molar-refractivity contribution is 0.0815. The SMILES string of the molecule is Cc1cccc(C(=O)N/N=C2\CCCc3oc(C(=O)NNC(=O)c4ccco4)c(C)c32)c1. The molecule has 0 spiro atoms. The fourth-order valence-corrected chi connectivity index (χ4v) is 3.61. The van der Waals surface area contributed by atoms with Crippen molar-refractivity contribution in [1.82, 2.24) is 16.3 Å². The van der Waals surface area contributed by atoms with Crippen LogP contribution < -0.4 is 16.3 Å². The second kappa shape index (κ2) is 8.93. The number of benzene rings is 1. The fourth-order valence-electron chi connectivity index (χ4n) is 3.61. The van der Waals surface area contributed by atoms with Crippen LogP contribution in [0.25, 0.3) is 0 Å². The number of aryl methyl sites for hydroxylation is 2. The molecule has 164 valence electrons. The van der Waals surface area contributed by atoms with E-state index in [0.29, 0.717) is 41.0 Å². The van der Waals surface area contributed by atoms with E-state index in [-0.39, 0.29) is 17.4 Å². The number of furan rings is 2. The first-order valence-corrected chi connectivity index (χ1v) is 10.1. The molecule has 2 aromatic heterocycles. The summed E-state index contributed by atoms with van der Waals surface area (Å²) in [5.41, 5.74) is 10.7. The fraction of sp³-hybridized carbons (Fsp3) is 0.217. The standard InChI is InChI=1S/C23H22N4O5/c1-13-6-3-7-15(12-13)21(28)25-24-16-8-4-9-17-19(16)14(2)20(32-17)23(30)27-26-22(29)18-10-5-11-31-18/h3,5-7,10-12H,4,8-9H2,1-2H3,(H,25,28)(H,26,29)(H,27,30)/b24-16+. The molecule has 0 saturated carbocycles. The molecule has 0 radical (unpaired) electrons. The first-order valence-electron chi connectivity index (χ1n) is 10.1. The summed E-state index contributed by atoms with van der Waals surface area (Å²) in [7, 11) is 0. The number of hydrogen-bond acceptors (Lipinski definition) is 6. The van der Waals surface area contributed by atoms with Gasteiger partial charge >= 0.3 is 11.8 Å². The van der Waals surface area contributed by atoms with E-state index >= 15 is 0 Å². The van der Waals surface area contributed by atoms with E-state index in [1.165, 1.54) is 12.3 Å². The molecule has 4 rings (SSSR count). The van der Waals surface area contributed by atoms with E-state index < -0.39 is 11.8 Å². The van der Waals surface area contributed by atoms with Crippen LogP contribution in [-0.4, -0.2) is 23.4 Å². The van der Waals surface area contributed by atoms with Crippen LogP contribution in [-0.2, 0) is 6.42 Å². The predicted molar refractivity (Wildman–Crippen MR) is 115 cm³/mol. The van der Waals surface area contributed by atoms with Crippen LogP contribution in [0.5, 0.6) is 0 Å². The Morgan fingerprint density at radius 1 is 0.969 bits per heavy atom. The molecule has 2 heterocycles. The Bertz CT molecular complexity index is 1210. The number of fused-ring (bicyclic) bond motifs is 1. The third-order valence-corrected chi connectivity index (χ3v) is 5.14. The van der Waals surface area contributed by atoms with Crippen molar-refractivity contribution in [3.05, 3.63) is 82.2 Å². The first kappa shape index (κ1) is 21.1. The third kappa shape index (κ3) is 4.31. The second-order valence-corrected chi connectivity index (χ2v) is 7.46. The summed E-state index contributed by atoms with van der Waals surface area (Å²) in [6, 6.07) is 10.3. The van der Waals surface area contributed by atoms with Crippen molar-refractivity contribution in [2.75, 3.05) is 0 Å². The molecular formula is C23H22N4O5. The van der Waals surface area contributed by atoms with Gasteiger partial charge in [0.15, 0.2) is 11.5 Å². The molecule has 1 aliphatic rings. The second-order valence-electron chi connectivity index (χ2n) is 7.46. The average molecular weight is 434 g/mol. The zero-order valence-electron chi connectivity index (χ0n) is 17.7. The minimum absolute atomic E-state index is 0.0690. The van der Waals surface area contributed by atoms with Crippen molar-refractivity contribution in [2.24, 2.45) is 5.10 Å². The number of carbonyl (C=O) groups excluding carboxylic acids is 3. The summed E-state index contributed by atoms with van der Waals surface area (Å²) in [6.45, 7) is 3.66. The van der Waals surface area contributed by atoms with Gasteiger partial charge in [-0.1, -0.05) is 17.7 Å². The number of nitrogens with zero attached hydrogens (tertiary/aromatic N) is 1. The molecule has 32 heavy (non-hydrogen) atoms. The van der Waals surface area contributed by atoms with Gasteiger partial charge in [0.2, 0.25) is 0 Å². The number of hydrogen-bond donors (Lipinski definition) is 3. The van der Waals surface area contributed by atoms with Crippen molar-refractivity contribution < 1.29 is 23.2 Å². The summed E-state index contributed by atoms with van der Waals surface area (Å²) < 4.78 is 10.8. The van der Waals surface area contributed by atoms with Crippen LogP contribution in [0.3, 0.4) is 0 Å². The highest BCUT2D eigenvalue weighted by molar-refractivity contribution is 6.07. The van der Waals surface area contributed by atoms with Crippen molar-refractivity contribution in [2.45, 2.75) is 33.1 Å². The molecule has 0 bridgehead atoms. The van der Waals surface area contributed by atoms with Gasteiger partial charge in [-0.2, -0.15) is 5.10 Å². The van der Waals surface area contributed by atoms with E-state index in [0.717, 1.165) is 12.0 Å². The summed E-state index contributed by atoms with van der Waals surface area (Å²) >= 11 is 0. The third-order valence-electron chi connectivity index (χ3n) is 5.14. The molecule has 0 unspecified atom stereocenters. The van der Waals surface area contributed by atoms with Crippen LogP contribution >= 0.6 is 0 Å². The van der Waals surface area contributed by atoms with Gasteiger partial charge in [0.25, 0.3) is 5.91 Å². The number of amides is 3. The van der Waals surface area contributed by atoms with E-state index in [9.17, 15) is 14.4 Å². The lowest BCUT2D eigenvalue weighted by Gasteiger charge is -2.13. The lowest BCUT2D eigenvalue weighted by Crippen LogP contribution is -2.41. The molecular weight excluding hydrogens is 412 g/mol.